The largest absolute Gasteiger partial charge is 0.351 e. The van der Waals surface area contributed by atoms with Crippen LogP contribution in [-0.2, 0) is 16.1 Å². The first-order chi connectivity index (χ1) is 12.5. The highest BCUT2D eigenvalue weighted by Gasteiger charge is 2.35. The Morgan fingerprint density at radius 3 is 2.58 bits per heavy atom. The van der Waals surface area contributed by atoms with E-state index in [0.717, 1.165) is 45.3 Å². The molecule has 0 spiro atoms. The summed E-state index contributed by atoms with van der Waals surface area (Å²) in [5, 5.41) is 3.10. The Hall–Kier alpha value is -1.88. The second-order valence-electron chi connectivity index (χ2n) is 7.90. The molecule has 2 fully saturated rings. The van der Waals surface area contributed by atoms with Gasteiger partial charge in [0, 0.05) is 31.6 Å². The molecule has 1 N–H and O–H groups in total. The molecule has 2 saturated heterocycles. The van der Waals surface area contributed by atoms with Crippen LogP contribution in [0.5, 0.6) is 0 Å². The zero-order valence-electron chi connectivity index (χ0n) is 16.0. The summed E-state index contributed by atoms with van der Waals surface area (Å²) < 4.78 is 0. The van der Waals surface area contributed by atoms with Crippen LogP contribution in [0.4, 0.5) is 0 Å². The molecule has 1 aromatic carbocycles. The predicted molar refractivity (Wildman–Crippen MR) is 102 cm³/mol. The van der Waals surface area contributed by atoms with Crippen molar-refractivity contribution >= 4 is 11.8 Å². The van der Waals surface area contributed by atoms with E-state index in [1.807, 2.05) is 24.8 Å². The molecule has 3 rings (SSSR count). The molecule has 5 heteroatoms. The molecule has 2 aliphatic heterocycles. The maximum atomic E-state index is 13.1. The summed E-state index contributed by atoms with van der Waals surface area (Å²) in [6, 6.07) is 10.4. The van der Waals surface area contributed by atoms with Crippen molar-refractivity contribution in [2.24, 2.45) is 5.92 Å². The maximum absolute atomic E-state index is 13.1. The lowest BCUT2D eigenvalue weighted by Crippen LogP contribution is -2.54. The first-order valence-corrected chi connectivity index (χ1v) is 9.91. The van der Waals surface area contributed by atoms with Gasteiger partial charge in [-0.05, 0) is 37.8 Å². The molecular weight excluding hydrogens is 326 g/mol. The van der Waals surface area contributed by atoms with E-state index < -0.39 is 0 Å². The van der Waals surface area contributed by atoms with Crippen LogP contribution in [0.15, 0.2) is 30.3 Å². The molecule has 5 nitrogen and oxygen atoms in total. The van der Waals surface area contributed by atoms with Crippen molar-refractivity contribution in [2.75, 3.05) is 19.6 Å². The van der Waals surface area contributed by atoms with Crippen LogP contribution in [-0.4, -0.2) is 53.3 Å². The Balaban J connectivity index is 1.59. The molecule has 2 heterocycles. The first kappa shape index (κ1) is 18.9. The van der Waals surface area contributed by atoms with Gasteiger partial charge in [-0.1, -0.05) is 44.2 Å². The van der Waals surface area contributed by atoms with Crippen LogP contribution in [0.3, 0.4) is 0 Å². The van der Waals surface area contributed by atoms with Crippen molar-refractivity contribution in [3.05, 3.63) is 35.9 Å². The third kappa shape index (κ3) is 4.64. The Labute approximate surface area is 156 Å². The molecule has 0 radical (unpaired) electrons. The molecule has 2 amide bonds. The van der Waals surface area contributed by atoms with Gasteiger partial charge < -0.3 is 10.2 Å². The Bertz CT molecular complexity index is 617. The molecule has 0 aromatic heterocycles. The second kappa shape index (κ2) is 8.67. The second-order valence-corrected chi connectivity index (χ2v) is 7.90. The maximum Gasteiger partial charge on any atom is 0.240 e. The lowest BCUT2D eigenvalue weighted by Gasteiger charge is -2.36. The van der Waals surface area contributed by atoms with Crippen LogP contribution in [0.25, 0.3) is 0 Å². The van der Waals surface area contributed by atoms with Gasteiger partial charge in [0.15, 0.2) is 0 Å². The van der Waals surface area contributed by atoms with Crippen molar-refractivity contribution in [1.29, 1.82) is 0 Å². The number of nitrogens with zero attached hydrogens (tertiary/aromatic N) is 2. The molecule has 0 aliphatic carbocycles. The SMILES string of the molecule is CC(C)C(=O)NC1CCCN(C(=O)C2CCCN2Cc2ccccc2)C1. The van der Waals surface area contributed by atoms with Crippen LogP contribution in [0.2, 0.25) is 0 Å². The minimum atomic E-state index is -0.0187. The van der Waals surface area contributed by atoms with E-state index in [1.54, 1.807) is 0 Å². The standard InChI is InChI=1S/C21H31N3O2/c1-16(2)20(25)22-18-10-6-13-24(15-18)21(26)19-11-7-12-23(19)14-17-8-4-3-5-9-17/h3-5,8-9,16,18-19H,6-7,10-15H2,1-2H3,(H,22,25). The Kier molecular flexibility index (Phi) is 6.30. The van der Waals surface area contributed by atoms with E-state index in [-0.39, 0.29) is 29.8 Å². The van der Waals surface area contributed by atoms with Crippen molar-refractivity contribution in [3.63, 3.8) is 0 Å². The number of likely N-dealkylation sites (tertiary alicyclic amines) is 2. The number of piperidine rings is 1. The van der Waals surface area contributed by atoms with E-state index in [2.05, 4.69) is 34.5 Å². The Morgan fingerprint density at radius 1 is 1.12 bits per heavy atom. The zero-order chi connectivity index (χ0) is 18.5. The monoisotopic (exact) mass is 357 g/mol. The van der Waals surface area contributed by atoms with E-state index in [9.17, 15) is 9.59 Å². The number of nitrogens with one attached hydrogen (secondary N) is 1. The van der Waals surface area contributed by atoms with E-state index >= 15 is 0 Å². The molecule has 142 valence electrons. The average molecular weight is 357 g/mol. The number of hydrogen-bond donors (Lipinski definition) is 1. The van der Waals surface area contributed by atoms with Crippen LogP contribution in [0, 0.1) is 5.92 Å². The zero-order valence-corrected chi connectivity index (χ0v) is 16.0. The molecule has 2 unspecified atom stereocenters. The summed E-state index contributed by atoms with van der Waals surface area (Å²) in [5.74, 6) is 0.301. The van der Waals surface area contributed by atoms with Gasteiger partial charge in [-0.25, -0.2) is 0 Å². The number of carbonyl (C=O) groups excluding carboxylic acids is 2. The summed E-state index contributed by atoms with van der Waals surface area (Å²) in [6.45, 7) is 7.07. The van der Waals surface area contributed by atoms with Gasteiger partial charge in [0.25, 0.3) is 0 Å². The fraction of sp³-hybridized carbons (Fsp3) is 0.619. The first-order valence-electron chi connectivity index (χ1n) is 9.91. The quantitative estimate of drug-likeness (QED) is 0.880. The third-order valence-corrected chi connectivity index (χ3v) is 5.48. The van der Waals surface area contributed by atoms with Crippen molar-refractivity contribution in [1.82, 2.24) is 15.1 Å². The topological polar surface area (TPSA) is 52.7 Å². The van der Waals surface area contributed by atoms with Gasteiger partial charge in [0.1, 0.15) is 0 Å². The van der Waals surface area contributed by atoms with Gasteiger partial charge in [0.05, 0.1) is 6.04 Å². The van der Waals surface area contributed by atoms with Gasteiger partial charge in [-0.2, -0.15) is 0 Å². The normalized spacial score (nSPS) is 24.0. The number of amides is 2. The van der Waals surface area contributed by atoms with E-state index in [4.69, 9.17) is 0 Å². The van der Waals surface area contributed by atoms with Gasteiger partial charge >= 0.3 is 0 Å². The fourth-order valence-electron chi connectivity index (χ4n) is 3.99. The van der Waals surface area contributed by atoms with Gasteiger partial charge in [-0.15, -0.1) is 0 Å². The molecule has 26 heavy (non-hydrogen) atoms. The van der Waals surface area contributed by atoms with Crippen LogP contribution < -0.4 is 5.32 Å². The lowest BCUT2D eigenvalue weighted by molar-refractivity contribution is -0.138. The number of benzene rings is 1. The number of rotatable bonds is 5. The van der Waals surface area contributed by atoms with Crippen molar-refractivity contribution < 1.29 is 9.59 Å². The predicted octanol–water partition coefficient (Wildman–Crippen LogP) is 2.41. The number of carbonyl (C=O) groups is 2. The van der Waals surface area contributed by atoms with Gasteiger partial charge in [0.2, 0.25) is 11.8 Å². The molecule has 2 aliphatic rings. The minimum absolute atomic E-state index is 0.0164. The molecule has 0 saturated carbocycles. The third-order valence-electron chi connectivity index (χ3n) is 5.48. The highest BCUT2D eigenvalue weighted by atomic mass is 16.2. The summed E-state index contributed by atoms with van der Waals surface area (Å²) in [7, 11) is 0. The molecule has 2 atom stereocenters. The van der Waals surface area contributed by atoms with E-state index in [1.165, 1.54) is 5.56 Å². The van der Waals surface area contributed by atoms with Crippen LogP contribution in [0.1, 0.15) is 45.1 Å². The molecule has 1 aromatic rings. The Morgan fingerprint density at radius 2 is 1.85 bits per heavy atom. The minimum Gasteiger partial charge on any atom is -0.351 e. The fourth-order valence-corrected chi connectivity index (χ4v) is 3.99. The van der Waals surface area contributed by atoms with Crippen molar-refractivity contribution in [2.45, 2.75) is 58.2 Å². The lowest BCUT2D eigenvalue weighted by atomic mass is 10.0. The van der Waals surface area contributed by atoms with Crippen molar-refractivity contribution in [3.8, 4) is 0 Å². The smallest absolute Gasteiger partial charge is 0.240 e. The average Bonchev–Trinajstić information content (AvgIpc) is 3.10. The summed E-state index contributed by atoms with van der Waals surface area (Å²) in [4.78, 5) is 29.4. The van der Waals surface area contributed by atoms with Crippen LogP contribution >= 0.6 is 0 Å². The summed E-state index contributed by atoms with van der Waals surface area (Å²) >= 11 is 0. The summed E-state index contributed by atoms with van der Waals surface area (Å²) in [5.41, 5.74) is 1.26. The van der Waals surface area contributed by atoms with E-state index in [0.29, 0.717) is 6.54 Å². The highest BCUT2D eigenvalue weighted by molar-refractivity contribution is 5.82. The summed E-state index contributed by atoms with van der Waals surface area (Å²) in [6.07, 6.45) is 3.93. The molecule has 0 bridgehead atoms. The van der Waals surface area contributed by atoms with Gasteiger partial charge in [-0.3, -0.25) is 14.5 Å². The molecular formula is C21H31N3O2. The highest BCUT2D eigenvalue weighted by Crippen LogP contribution is 2.23. The number of hydrogen-bond acceptors (Lipinski definition) is 3.